The molecule has 4 aromatic carbocycles. The molecule has 0 saturated heterocycles. The summed E-state index contributed by atoms with van der Waals surface area (Å²) in [6.07, 6.45) is 2.91. The van der Waals surface area contributed by atoms with Gasteiger partial charge in [-0.25, -0.2) is 0 Å². The van der Waals surface area contributed by atoms with Crippen molar-refractivity contribution in [2.45, 2.75) is 23.5 Å². The molecule has 0 spiro atoms. The van der Waals surface area contributed by atoms with Crippen LogP contribution < -0.4 is 0 Å². The average molecular weight is 476 g/mol. The van der Waals surface area contributed by atoms with E-state index in [1.54, 1.807) is 0 Å². The number of rotatable bonds is 4. The first-order valence-electron chi connectivity index (χ1n) is 10.8. The third-order valence-electron chi connectivity index (χ3n) is 6.90. The summed E-state index contributed by atoms with van der Waals surface area (Å²) in [7, 11) is 13.6. The van der Waals surface area contributed by atoms with Crippen LogP contribution in [0.25, 0.3) is 22.3 Å². The van der Waals surface area contributed by atoms with Crippen molar-refractivity contribution in [1.82, 2.24) is 0 Å². The molecule has 0 fully saturated rings. The van der Waals surface area contributed by atoms with Crippen LogP contribution >= 0.6 is 18.6 Å². The van der Waals surface area contributed by atoms with Gasteiger partial charge in [0, 0.05) is 0 Å². The summed E-state index contributed by atoms with van der Waals surface area (Å²) in [5.74, 6) is 0. The Kier molecular flexibility index (Phi) is 5.08. The molecule has 0 radical (unpaired) electrons. The minimum absolute atomic E-state index is 0.225. The third-order valence-corrected chi connectivity index (χ3v) is 10.7. The quantitative estimate of drug-likeness (QED) is 0.226. The molecule has 0 nitrogen and oxygen atoms in total. The molecule has 0 aromatic heterocycles. The Bertz CT molecular complexity index is 1310. The van der Waals surface area contributed by atoms with Crippen LogP contribution in [-0.4, -0.2) is 0 Å². The van der Waals surface area contributed by atoms with Gasteiger partial charge in [-0.2, -0.15) is 0 Å². The van der Waals surface area contributed by atoms with E-state index in [1.165, 1.54) is 55.6 Å². The zero-order chi connectivity index (χ0) is 20.9. The van der Waals surface area contributed by atoms with Crippen molar-refractivity contribution in [1.29, 1.82) is 0 Å². The molecule has 0 bridgehead atoms. The second-order valence-electron chi connectivity index (χ2n) is 8.53. The van der Waals surface area contributed by atoms with E-state index in [1.807, 2.05) is 0 Å². The van der Waals surface area contributed by atoms with Crippen LogP contribution in [0.5, 0.6) is 0 Å². The summed E-state index contributed by atoms with van der Waals surface area (Å²) in [6.45, 7) is 0. The van der Waals surface area contributed by atoms with Crippen molar-refractivity contribution in [3.8, 4) is 22.3 Å². The first-order chi connectivity index (χ1) is 15.2. The second kappa shape index (κ2) is 7.94. The molecule has 0 saturated carbocycles. The second-order valence-corrected chi connectivity index (χ2v) is 14.7. The Morgan fingerprint density at radius 1 is 0.613 bits per heavy atom. The van der Waals surface area contributed by atoms with Crippen LogP contribution in [0.2, 0.25) is 0 Å². The van der Waals surface area contributed by atoms with Gasteiger partial charge in [-0.1, -0.05) is 0 Å². The predicted octanol–water partition coefficient (Wildman–Crippen LogP) is 8.04. The van der Waals surface area contributed by atoms with Crippen LogP contribution in [0.15, 0.2) is 84.9 Å². The minimum atomic E-state index is -2.27. The molecule has 0 heterocycles. The van der Waals surface area contributed by atoms with Crippen molar-refractivity contribution < 1.29 is 15.7 Å². The normalized spacial score (nSPS) is 13.9. The number of hydrogen-bond donors (Lipinski definition) is 0. The van der Waals surface area contributed by atoms with Gasteiger partial charge in [0.15, 0.2) is 0 Å². The van der Waals surface area contributed by atoms with Crippen LogP contribution in [0, 0.1) is 0 Å². The van der Waals surface area contributed by atoms with E-state index in [4.69, 9.17) is 18.6 Å². The Balaban J connectivity index is 1.41. The van der Waals surface area contributed by atoms with Crippen molar-refractivity contribution in [2.24, 2.45) is 0 Å². The van der Waals surface area contributed by atoms with Crippen molar-refractivity contribution in [2.75, 3.05) is 0 Å². The van der Waals surface area contributed by atoms with Crippen LogP contribution in [0.4, 0.5) is 0 Å². The van der Waals surface area contributed by atoms with E-state index in [0.717, 1.165) is 19.3 Å². The van der Waals surface area contributed by atoms with Crippen LogP contribution in [-0.2, 0) is 35.0 Å². The molecule has 31 heavy (non-hydrogen) atoms. The van der Waals surface area contributed by atoms with E-state index in [-0.39, 0.29) is 4.22 Å². The maximum atomic E-state index is 6.81. The number of hydrogen-bond acceptors (Lipinski definition) is 0. The van der Waals surface area contributed by atoms with Gasteiger partial charge in [-0.3, -0.25) is 0 Å². The van der Waals surface area contributed by atoms with Gasteiger partial charge in [-0.05, 0) is 0 Å². The molecule has 0 N–H and O–H groups in total. The fourth-order valence-electron chi connectivity index (χ4n) is 5.45. The predicted molar refractivity (Wildman–Crippen MR) is 128 cm³/mol. The molecule has 2 aliphatic rings. The molecule has 6 rings (SSSR count). The summed E-state index contributed by atoms with van der Waals surface area (Å²) in [6, 6.07) is 31.0. The van der Waals surface area contributed by atoms with Crippen molar-refractivity contribution >= 4 is 18.6 Å². The standard InChI is InChI=1S/C28H21.2ClH.Ti/c1-3-11-23-21(7-1)17-27-19(9-5-13-25(23)27)15-16-20-10-6-14-26-24-12-4-2-8-22(24)18-28(20)26;;;/h1-15H,16-18H2;2*1H;/q;;;+2/p-2. The molecule has 2 aliphatic carbocycles. The van der Waals surface area contributed by atoms with Gasteiger partial charge in [-0.15, -0.1) is 0 Å². The van der Waals surface area contributed by atoms with Crippen LogP contribution in [0.1, 0.15) is 37.6 Å². The van der Waals surface area contributed by atoms with E-state index in [0.29, 0.717) is 0 Å². The third kappa shape index (κ3) is 3.33. The first-order valence-corrected chi connectivity index (χ1v) is 16.0. The summed E-state index contributed by atoms with van der Waals surface area (Å²) < 4.78 is 0.225. The summed E-state index contributed by atoms with van der Waals surface area (Å²) in [5.41, 5.74) is 13.9. The van der Waals surface area contributed by atoms with Gasteiger partial charge in [0.25, 0.3) is 0 Å². The van der Waals surface area contributed by atoms with E-state index in [9.17, 15) is 0 Å². The van der Waals surface area contributed by atoms with Crippen molar-refractivity contribution in [3.05, 3.63) is 118 Å². The fourth-order valence-corrected chi connectivity index (χ4v) is 8.43. The number of benzene rings is 4. The summed E-state index contributed by atoms with van der Waals surface area (Å²) in [5, 5.41) is 0. The van der Waals surface area contributed by atoms with Gasteiger partial charge in [0.1, 0.15) is 0 Å². The van der Waals surface area contributed by atoms with E-state index < -0.39 is 15.7 Å². The zero-order valence-corrected chi connectivity index (χ0v) is 20.1. The molecular formula is C28H21Cl2Ti. The van der Waals surface area contributed by atoms with E-state index >= 15 is 0 Å². The van der Waals surface area contributed by atoms with Gasteiger partial charge >= 0.3 is 198 Å². The molecule has 1 unspecified atom stereocenters. The molecule has 0 aliphatic heterocycles. The molecule has 151 valence electrons. The average Bonchev–Trinajstić information content (AvgIpc) is 3.36. The van der Waals surface area contributed by atoms with Gasteiger partial charge in [0.05, 0.1) is 0 Å². The number of halogens is 2. The number of fused-ring (bicyclic) bond motifs is 6. The fraction of sp³-hybridized carbons (Fsp3) is 0.143. The van der Waals surface area contributed by atoms with E-state index in [2.05, 4.69) is 84.9 Å². The Labute approximate surface area is 197 Å². The summed E-state index contributed by atoms with van der Waals surface area (Å²) >= 11 is -2.27. The SMILES string of the molecule is [Cl][Ti]([Cl])[CH](Cc1cccc2c1Cc1ccccc1-2)c1cccc2c1Cc1ccccc1-2. The summed E-state index contributed by atoms with van der Waals surface area (Å²) in [4.78, 5) is 0. The zero-order valence-electron chi connectivity index (χ0n) is 17.0. The Morgan fingerprint density at radius 2 is 1.16 bits per heavy atom. The molecule has 0 amide bonds. The van der Waals surface area contributed by atoms with Gasteiger partial charge < -0.3 is 0 Å². The molecule has 4 aromatic rings. The van der Waals surface area contributed by atoms with Crippen molar-refractivity contribution in [3.63, 3.8) is 0 Å². The Morgan fingerprint density at radius 3 is 1.84 bits per heavy atom. The van der Waals surface area contributed by atoms with Crippen LogP contribution in [0.3, 0.4) is 0 Å². The topological polar surface area (TPSA) is 0 Å². The maximum absolute atomic E-state index is 6.81. The first kappa shape index (κ1) is 19.8. The monoisotopic (exact) mass is 475 g/mol. The van der Waals surface area contributed by atoms with Gasteiger partial charge in [0.2, 0.25) is 0 Å². The molecule has 3 heteroatoms. The molecule has 1 atom stereocenters. The molecular weight excluding hydrogens is 455 g/mol. The Hall–Kier alpha value is -1.83.